The van der Waals surface area contributed by atoms with Gasteiger partial charge < -0.3 is 14.2 Å². The van der Waals surface area contributed by atoms with Crippen LogP contribution >= 0.6 is 0 Å². The van der Waals surface area contributed by atoms with E-state index in [9.17, 15) is 0 Å². The van der Waals surface area contributed by atoms with Crippen LogP contribution in [0.15, 0.2) is 47.5 Å². The van der Waals surface area contributed by atoms with Gasteiger partial charge in [0.1, 0.15) is 6.10 Å². The molecule has 0 aliphatic carbocycles. The Hall–Kier alpha value is -1.91. The summed E-state index contributed by atoms with van der Waals surface area (Å²) in [6.45, 7) is 1.82. The Labute approximate surface area is 117 Å². The monoisotopic (exact) mass is 269 g/mol. The van der Waals surface area contributed by atoms with Gasteiger partial charge in [0.2, 0.25) is 0 Å². The van der Waals surface area contributed by atoms with E-state index in [0.29, 0.717) is 5.90 Å². The largest absolute Gasteiger partial charge is 0.424 e. The minimum absolute atomic E-state index is 0.114. The number of hydrogen-bond acceptors (Lipinski definition) is 4. The number of nitrogens with zero attached hydrogens (tertiary/aromatic N) is 1. The Bertz CT molecular complexity index is 712. The molecule has 2 aromatic carbocycles. The molecule has 4 rings (SSSR count). The van der Waals surface area contributed by atoms with Crippen molar-refractivity contribution < 1.29 is 14.2 Å². The van der Waals surface area contributed by atoms with Crippen LogP contribution in [-0.4, -0.2) is 25.0 Å². The molecule has 0 N–H and O–H groups in total. The second-order valence-corrected chi connectivity index (χ2v) is 5.15. The number of methoxy groups -OCH3 is 1. The second-order valence-electron chi connectivity index (χ2n) is 5.15. The molecule has 0 radical (unpaired) electrons. The van der Waals surface area contributed by atoms with Crippen molar-refractivity contribution in [2.45, 2.75) is 25.0 Å². The highest BCUT2D eigenvalue weighted by atomic mass is 16.9. The molecule has 2 aliphatic rings. The van der Waals surface area contributed by atoms with E-state index < -0.39 is 5.97 Å². The van der Waals surface area contributed by atoms with Crippen LogP contribution in [0.1, 0.15) is 18.6 Å². The molecular weight excluding hydrogens is 254 g/mol. The van der Waals surface area contributed by atoms with Gasteiger partial charge in [-0.1, -0.05) is 36.4 Å². The van der Waals surface area contributed by atoms with Crippen LogP contribution in [-0.2, 0) is 14.2 Å². The van der Waals surface area contributed by atoms with Gasteiger partial charge in [-0.15, -0.1) is 0 Å². The van der Waals surface area contributed by atoms with E-state index >= 15 is 0 Å². The van der Waals surface area contributed by atoms with Gasteiger partial charge in [0.05, 0.1) is 0 Å². The molecule has 0 spiro atoms. The first kappa shape index (κ1) is 11.9. The Kier molecular flexibility index (Phi) is 2.40. The minimum Gasteiger partial charge on any atom is -0.424 e. The molecule has 0 saturated carbocycles. The van der Waals surface area contributed by atoms with Crippen molar-refractivity contribution in [2.24, 2.45) is 4.99 Å². The number of aliphatic imine (C=N–C) groups is 1. The van der Waals surface area contributed by atoms with E-state index in [2.05, 4.69) is 35.3 Å². The topological polar surface area (TPSA) is 40.0 Å². The van der Waals surface area contributed by atoms with Gasteiger partial charge in [0.15, 0.2) is 11.9 Å². The first-order valence-electron chi connectivity index (χ1n) is 6.67. The zero-order chi connectivity index (χ0) is 13.7. The highest BCUT2D eigenvalue weighted by Gasteiger charge is 2.63. The highest BCUT2D eigenvalue weighted by molar-refractivity contribution is 5.83. The lowest BCUT2D eigenvalue weighted by atomic mass is 9.93. The smallest absolute Gasteiger partial charge is 0.355 e. The Morgan fingerprint density at radius 3 is 2.75 bits per heavy atom. The Balaban J connectivity index is 1.71. The van der Waals surface area contributed by atoms with E-state index in [4.69, 9.17) is 14.2 Å². The molecule has 4 nitrogen and oxygen atoms in total. The molecule has 1 fully saturated rings. The lowest BCUT2D eigenvalue weighted by Crippen LogP contribution is -2.58. The summed E-state index contributed by atoms with van der Waals surface area (Å²) in [6, 6.07) is 14.5. The van der Waals surface area contributed by atoms with E-state index in [1.54, 1.807) is 7.11 Å². The van der Waals surface area contributed by atoms with Gasteiger partial charge in [-0.05, 0) is 22.4 Å². The molecule has 2 aromatic rings. The quantitative estimate of drug-likeness (QED) is 0.841. The molecule has 2 aliphatic heterocycles. The van der Waals surface area contributed by atoms with Crippen LogP contribution in [0.5, 0.6) is 0 Å². The maximum absolute atomic E-state index is 5.85. The summed E-state index contributed by atoms with van der Waals surface area (Å²) in [4.78, 5) is 4.48. The van der Waals surface area contributed by atoms with Gasteiger partial charge in [-0.3, -0.25) is 0 Å². The first-order valence-corrected chi connectivity index (χ1v) is 6.67. The van der Waals surface area contributed by atoms with E-state index in [1.807, 2.05) is 19.1 Å². The molecule has 0 bridgehead atoms. The number of hydrogen-bond donors (Lipinski definition) is 0. The summed E-state index contributed by atoms with van der Waals surface area (Å²) < 4.78 is 16.7. The summed E-state index contributed by atoms with van der Waals surface area (Å²) in [7, 11) is 1.58. The lowest BCUT2D eigenvalue weighted by molar-refractivity contribution is -0.432. The van der Waals surface area contributed by atoms with Crippen molar-refractivity contribution in [3.63, 3.8) is 0 Å². The molecule has 1 saturated heterocycles. The number of benzene rings is 2. The summed E-state index contributed by atoms with van der Waals surface area (Å²) in [5.74, 6) is -0.402. The van der Waals surface area contributed by atoms with Crippen molar-refractivity contribution >= 4 is 16.7 Å². The van der Waals surface area contributed by atoms with Crippen molar-refractivity contribution in [2.75, 3.05) is 7.11 Å². The van der Waals surface area contributed by atoms with Crippen LogP contribution in [0.4, 0.5) is 0 Å². The van der Waals surface area contributed by atoms with E-state index in [0.717, 1.165) is 5.56 Å². The molecular formula is C16H15NO3. The standard InChI is InChI=1S/C16H15NO3/c1-10-17-15-14(20-16(15,18-2)19-10)13-8-7-11-5-3-4-6-12(11)9-13/h3-9,14-15H,1-2H3/t14-,15-,16-/m0/s1. The van der Waals surface area contributed by atoms with Gasteiger partial charge >= 0.3 is 5.97 Å². The third kappa shape index (κ3) is 1.52. The van der Waals surface area contributed by atoms with Crippen LogP contribution in [0.2, 0.25) is 0 Å². The third-order valence-electron chi connectivity index (χ3n) is 3.94. The summed E-state index contributed by atoms with van der Waals surface area (Å²) in [5, 5.41) is 2.42. The average Bonchev–Trinajstić information content (AvgIpc) is 2.72. The number of rotatable bonds is 2. The molecule has 3 atom stereocenters. The predicted molar refractivity (Wildman–Crippen MR) is 75.5 cm³/mol. The SMILES string of the molecule is CO[C@]12OC(C)=N[C@H]1[C@H](c1ccc3ccccc3c1)O2. The number of ether oxygens (including phenoxy) is 3. The lowest BCUT2D eigenvalue weighted by Gasteiger charge is -2.45. The Morgan fingerprint density at radius 1 is 1.15 bits per heavy atom. The molecule has 0 amide bonds. The first-order chi connectivity index (χ1) is 9.72. The van der Waals surface area contributed by atoms with Crippen LogP contribution in [0.25, 0.3) is 10.8 Å². The molecule has 20 heavy (non-hydrogen) atoms. The fourth-order valence-electron chi connectivity index (χ4n) is 2.93. The fraction of sp³-hybridized carbons (Fsp3) is 0.312. The molecule has 0 aromatic heterocycles. The normalized spacial score (nSPS) is 31.4. The van der Waals surface area contributed by atoms with Crippen molar-refractivity contribution in [3.05, 3.63) is 48.0 Å². The average molecular weight is 269 g/mol. The summed E-state index contributed by atoms with van der Waals surface area (Å²) >= 11 is 0. The molecule has 0 unspecified atom stereocenters. The van der Waals surface area contributed by atoms with E-state index in [-0.39, 0.29) is 12.1 Å². The number of fused-ring (bicyclic) bond motifs is 2. The van der Waals surface area contributed by atoms with Crippen molar-refractivity contribution in [1.82, 2.24) is 0 Å². The predicted octanol–water partition coefficient (Wildman–Crippen LogP) is 3.03. The van der Waals surface area contributed by atoms with Gasteiger partial charge in [0.25, 0.3) is 0 Å². The van der Waals surface area contributed by atoms with Crippen molar-refractivity contribution in [1.29, 1.82) is 0 Å². The molecule has 2 heterocycles. The second kappa shape index (κ2) is 4.04. The maximum Gasteiger partial charge on any atom is 0.355 e. The molecule has 4 heteroatoms. The zero-order valence-corrected chi connectivity index (χ0v) is 11.4. The van der Waals surface area contributed by atoms with E-state index in [1.165, 1.54) is 10.8 Å². The van der Waals surface area contributed by atoms with Crippen LogP contribution < -0.4 is 0 Å². The van der Waals surface area contributed by atoms with Crippen LogP contribution in [0.3, 0.4) is 0 Å². The third-order valence-corrected chi connectivity index (χ3v) is 3.94. The van der Waals surface area contributed by atoms with Gasteiger partial charge in [0, 0.05) is 14.0 Å². The summed E-state index contributed by atoms with van der Waals surface area (Å²) in [5.41, 5.74) is 1.10. The van der Waals surface area contributed by atoms with Gasteiger partial charge in [-0.25, -0.2) is 4.99 Å². The Morgan fingerprint density at radius 2 is 1.95 bits per heavy atom. The van der Waals surface area contributed by atoms with Crippen LogP contribution in [0, 0.1) is 0 Å². The maximum atomic E-state index is 5.85. The fourth-order valence-corrected chi connectivity index (χ4v) is 2.93. The highest BCUT2D eigenvalue weighted by Crippen LogP contribution is 2.50. The summed E-state index contributed by atoms with van der Waals surface area (Å²) in [6.07, 6.45) is -0.114. The van der Waals surface area contributed by atoms with Gasteiger partial charge in [-0.2, -0.15) is 0 Å². The van der Waals surface area contributed by atoms with Crippen molar-refractivity contribution in [3.8, 4) is 0 Å². The molecule has 102 valence electrons. The minimum atomic E-state index is -1.01. The zero-order valence-electron chi connectivity index (χ0n) is 11.4.